The van der Waals surface area contributed by atoms with Crippen LogP contribution in [-0.4, -0.2) is 34.0 Å². The van der Waals surface area contributed by atoms with E-state index in [-0.39, 0.29) is 30.0 Å². The highest BCUT2D eigenvalue weighted by Crippen LogP contribution is 2.37. The number of carboxylic acids is 1. The SMILES string of the molecule is C[C@]1(Cc2ccc(Cl)cc2)Cc2cc(CCC(=O)N(CC(=O)O)Cc3ccc(Br)cc3F)ccc2O1. The van der Waals surface area contributed by atoms with Gasteiger partial charge in [0, 0.05) is 40.9 Å². The molecule has 5 nitrogen and oxygen atoms in total. The fourth-order valence-electron chi connectivity index (χ4n) is 4.52. The average Bonchev–Trinajstić information content (AvgIpc) is 3.15. The summed E-state index contributed by atoms with van der Waals surface area (Å²) in [5, 5.41) is 9.96. The van der Waals surface area contributed by atoms with Gasteiger partial charge in [-0.1, -0.05) is 57.9 Å². The van der Waals surface area contributed by atoms with Crippen molar-refractivity contribution in [3.8, 4) is 5.75 Å². The lowest BCUT2D eigenvalue weighted by atomic mass is 9.91. The average molecular weight is 575 g/mol. The molecule has 3 aromatic carbocycles. The van der Waals surface area contributed by atoms with E-state index >= 15 is 0 Å². The summed E-state index contributed by atoms with van der Waals surface area (Å²) in [5.41, 5.74) is 3.07. The minimum Gasteiger partial charge on any atom is -0.487 e. The third kappa shape index (κ3) is 6.65. The van der Waals surface area contributed by atoms with Gasteiger partial charge in [-0.3, -0.25) is 9.59 Å². The van der Waals surface area contributed by atoms with Crippen LogP contribution in [0.4, 0.5) is 4.39 Å². The van der Waals surface area contributed by atoms with Crippen molar-refractivity contribution >= 4 is 39.4 Å². The number of hydrogen-bond donors (Lipinski definition) is 1. The van der Waals surface area contributed by atoms with Crippen LogP contribution in [0.3, 0.4) is 0 Å². The second-order valence-electron chi connectivity index (χ2n) is 9.35. The van der Waals surface area contributed by atoms with Gasteiger partial charge in [0.15, 0.2) is 0 Å². The summed E-state index contributed by atoms with van der Waals surface area (Å²) in [6.07, 6.45) is 2.04. The van der Waals surface area contributed by atoms with Crippen molar-refractivity contribution < 1.29 is 23.8 Å². The fraction of sp³-hybridized carbons (Fsp3) is 0.286. The molecule has 0 unspecified atom stereocenters. The third-order valence-electron chi connectivity index (χ3n) is 6.22. The minimum absolute atomic E-state index is 0.106. The molecule has 0 aliphatic carbocycles. The van der Waals surface area contributed by atoms with Crippen LogP contribution in [-0.2, 0) is 35.4 Å². The topological polar surface area (TPSA) is 66.8 Å². The molecule has 0 radical (unpaired) electrons. The number of hydrogen-bond acceptors (Lipinski definition) is 3. The highest BCUT2D eigenvalue weighted by molar-refractivity contribution is 9.10. The van der Waals surface area contributed by atoms with Crippen LogP contribution in [0.2, 0.25) is 5.02 Å². The van der Waals surface area contributed by atoms with Crippen LogP contribution in [0.15, 0.2) is 65.1 Å². The smallest absolute Gasteiger partial charge is 0.323 e. The number of benzene rings is 3. The number of aryl methyl sites for hydroxylation is 1. The summed E-state index contributed by atoms with van der Waals surface area (Å²) in [7, 11) is 0. The lowest BCUT2D eigenvalue weighted by molar-refractivity contribution is -0.144. The molecule has 0 bridgehead atoms. The van der Waals surface area contributed by atoms with Gasteiger partial charge in [0.1, 0.15) is 23.7 Å². The van der Waals surface area contributed by atoms with E-state index in [0.717, 1.165) is 35.3 Å². The molecule has 1 aliphatic rings. The van der Waals surface area contributed by atoms with Gasteiger partial charge in [0.25, 0.3) is 0 Å². The zero-order valence-corrected chi connectivity index (χ0v) is 22.1. The molecule has 0 saturated heterocycles. The second kappa shape index (κ2) is 11.0. The number of amides is 1. The summed E-state index contributed by atoms with van der Waals surface area (Å²) >= 11 is 9.20. The first-order chi connectivity index (χ1) is 17.1. The third-order valence-corrected chi connectivity index (χ3v) is 6.96. The molecule has 4 rings (SSSR count). The molecule has 36 heavy (non-hydrogen) atoms. The van der Waals surface area contributed by atoms with E-state index in [4.69, 9.17) is 16.3 Å². The molecule has 0 fully saturated rings. The number of carboxylic acid groups (broad SMARTS) is 1. The number of carbonyl (C=O) groups is 2. The van der Waals surface area contributed by atoms with Gasteiger partial charge >= 0.3 is 5.97 Å². The molecule has 1 atom stereocenters. The van der Waals surface area contributed by atoms with Gasteiger partial charge in [0.2, 0.25) is 5.91 Å². The highest BCUT2D eigenvalue weighted by atomic mass is 79.9. The first-order valence-corrected chi connectivity index (χ1v) is 12.8. The predicted molar refractivity (Wildman–Crippen MR) is 140 cm³/mol. The van der Waals surface area contributed by atoms with Gasteiger partial charge in [-0.25, -0.2) is 4.39 Å². The Morgan fingerprint density at radius 1 is 1.11 bits per heavy atom. The fourth-order valence-corrected chi connectivity index (χ4v) is 4.98. The van der Waals surface area contributed by atoms with Gasteiger partial charge in [-0.05, 0) is 60.4 Å². The Kier molecular flexibility index (Phi) is 8.00. The van der Waals surface area contributed by atoms with Crippen LogP contribution < -0.4 is 4.74 Å². The number of carbonyl (C=O) groups excluding carboxylic acids is 1. The number of halogens is 3. The van der Waals surface area contributed by atoms with Gasteiger partial charge in [-0.2, -0.15) is 0 Å². The maximum absolute atomic E-state index is 14.3. The molecule has 0 aromatic heterocycles. The monoisotopic (exact) mass is 573 g/mol. The zero-order chi connectivity index (χ0) is 25.9. The first kappa shape index (κ1) is 26.2. The molecule has 1 heterocycles. The van der Waals surface area contributed by atoms with Gasteiger partial charge in [0.05, 0.1) is 0 Å². The Morgan fingerprint density at radius 3 is 2.53 bits per heavy atom. The van der Waals surface area contributed by atoms with Crippen molar-refractivity contribution in [3.05, 3.63) is 98.2 Å². The summed E-state index contributed by atoms with van der Waals surface area (Å²) < 4.78 is 21.1. The Morgan fingerprint density at radius 2 is 1.83 bits per heavy atom. The Balaban J connectivity index is 1.39. The number of ether oxygens (including phenoxy) is 1. The summed E-state index contributed by atoms with van der Waals surface area (Å²) in [4.78, 5) is 25.4. The lowest BCUT2D eigenvalue weighted by Gasteiger charge is -2.24. The van der Waals surface area contributed by atoms with E-state index in [2.05, 4.69) is 22.9 Å². The number of aliphatic carboxylic acids is 1. The van der Waals surface area contributed by atoms with Gasteiger partial charge < -0.3 is 14.7 Å². The standard InChI is InChI=1S/C28H26BrClFNO4/c1-28(14-19-2-8-23(30)9-3-19)15-21-12-18(4-10-25(21)36-28)5-11-26(33)32(17-27(34)35)16-20-6-7-22(29)13-24(20)31/h2-4,6-10,12-13H,5,11,14-17H2,1H3,(H,34,35)/t28-/m0/s1. The summed E-state index contributed by atoms with van der Waals surface area (Å²) in [6, 6.07) is 18.1. The van der Waals surface area contributed by atoms with Crippen molar-refractivity contribution in [2.24, 2.45) is 0 Å². The van der Waals surface area contributed by atoms with E-state index in [1.54, 1.807) is 12.1 Å². The Labute approximate surface area is 223 Å². The normalized spacial score (nSPS) is 16.3. The number of fused-ring (bicyclic) bond motifs is 1. The largest absolute Gasteiger partial charge is 0.487 e. The molecule has 0 spiro atoms. The molecule has 3 aromatic rings. The molecule has 8 heteroatoms. The molecule has 1 aliphatic heterocycles. The zero-order valence-electron chi connectivity index (χ0n) is 19.8. The maximum atomic E-state index is 14.3. The summed E-state index contributed by atoms with van der Waals surface area (Å²) in [6.45, 7) is 1.48. The molecule has 188 valence electrons. The minimum atomic E-state index is -1.14. The van der Waals surface area contributed by atoms with Crippen LogP contribution in [0.1, 0.15) is 35.6 Å². The Hall–Kier alpha value is -2.90. The number of nitrogens with zero attached hydrogens (tertiary/aromatic N) is 1. The molecule has 1 N–H and O–H groups in total. The van der Waals surface area contributed by atoms with Crippen LogP contribution in [0, 0.1) is 5.82 Å². The molecule has 0 saturated carbocycles. The second-order valence-corrected chi connectivity index (χ2v) is 10.7. The number of rotatable bonds is 9. The molecular formula is C28H26BrClFNO4. The predicted octanol–water partition coefficient (Wildman–Crippen LogP) is 6.22. The van der Waals surface area contributed by atoms with Crippen LogP contribution >= 0.6 is 27.5 Å². The van der Waals surface area contributed by atoms with Crippen LogP contribution in [0.5, 0.6) is 5.75 Å². The van der Waals surface area contributed by atoms with E-state index in [9.17, 15) is 19.1 Å². The van der Waals surface area contributed by atoms with E-state index in [1.165, 1.54) is 11.0 Å². The highest BCUT2D eigenvalue weighted by Gasteiger charge is 2.35. The van der Waals surface area contributed by atoms with Crippen LogP contribution in [0.25, 0.3) is 0 Å². The quantitative estimate of drug-likeness (QED) is 0.329. The van der Waals surface area contributed by atoms with Crippen molar-refractivity contribution in [1.29, 1.82) is 0 Å². The van der Waals surface area contributed by atoms with E-state index < -0.39 is 18.3 Å². The van der Waals surface area contributed by atoms with Gasteiger partial charge in [-0.15, -0.1) is 0 Å². The van der Waals surface area contributed by atoms with Crippen molar-refractivity contribution in [3.63, 3.8) is 0 Å². The van der Waals surface area contributed by atoms with Crippen molar-refractivity contribution in [1.82, 2.24) is 4.90 Å². The Bertz CT molecular complexity index is 1280. The van der Waals surface area contributed by atoms with Crippen molar-refractivity contribution in [2.45, 2.75) is 44.8 Å². The first-order valence-electron chi connectivity index (χ1n) is 11.6. The molecule has 1 amide bonds. The lowest BCUT2D eigenvalue weighted by Crippen LogP contribution is -2.35. The van der Waals surface area contributed by atoms with E-state index in [0.29, 0.717) is 15.9 Å². The van der Waals surface area contributed by atoms with E-state index in [1.807, 2.05) is 42.5 Å². The summed E-state index contributed by atoms with van der Waals surface area (Å²) in [5.74, 6) is -1.15. The maximum Gasteiger partial charge on any atom is 0.323 e. The van der Waals surface area contributed by atoms with Crippen molar-refractivity contribution in [2.75, 3.05) is 6.54 Å². The molecular weight excluding hydrogens is 549 g/mol.